The number of benzene rings is 8. The van der Waals surface area contributed by atoms with Crippen molar-refractivity contribution in [2.45, 2.75) is 97.8 Å². The Labute approximate surface area is 399 Å². The van der Waals surface area contributed by atoms with Gasteiger partial charge in [0.1, 0.15) is 0 Å². The molecule has 0 radical (unpaired) electrons. The maximum atomic E-state index is 2.62. The van der Waals surface area contributed by atoms with Crippen molar-refractivity contribution in [1.29, 1.82) is 0 Å². The Morgan fingerprint density at radius 1 is 0.388 bits per heavy atom. The van der Waals surface area contributed by atoms with E-state index in [0.29, 0.717) is 0 Å². The summed E-state index contributed by atoms with van der Waals surface area (Å²) in [4.78, 5) is 7.60. The fourth-order valence-electron chi connectivity index (χ4n) is 11.1. The van der Waals surface area contributed by atoms with E-state index in [9.17, 15) is 0 Å². The van der Waals surface area contributed by atoms with Gasteiger partial charge in [-0.05, 0) is 150 Å². The van der Waals surface area contributed by atoms with E-state index in [4.69, 9.17) is 0 Å². The quantitative estimate of drug-likeness (QED) is 0.160. The molecule has 4 heteroatoms. The molecule has 0 atom stereocenters. The van der Waals surface area contributed by atoms with Crippen LogP contribution in [0.2, 0.25) is 0 Å². The summed E-state index contributed by atoms with van der Waals surface area (Å²) in [5.74, 6) is 0. The van der Waals surface area contributed by atoms with Crippen LogP contribution in [0, 0.1) is 0 Å². The van der Waals surface area contributed by atoms with Gasteiger partial charge in [0.2, 0.25) is 0 Å². The van der Waals surface area contributed by atoms with Crippen molar-refractivity contribution >= 4 is 74.3 Å². The summed E-state index contributed by atoms with van der Waals surface area (Å²) in [6.07, 6.45) is 0. The van der Waals surface area contributed by atoms with Crippen molar-refractivity contribution in [2.24, 2.45) is 0 Å². The van der Waals surface area contributed by atoms with E-state index < -0.39 is 0 Å². The van der Waals surface area contributed by atoms with Crippen molar-refractivity contribution in [1.82, 2.24) is 0 Å². The molecule has 0 amide bonds. The molecule has 0 N–H and O–H groups in total. The van der Waals surface area contributed by atoms with Gasteiger partial charge in [-0.1, -0.05) is 173 Å². The maximum Gasteiger partial charge on any atom is 0.252 e. The van der Waals surface area contributed by atoms with Crippen molar-refractivity contribution in [3.05, 3.63) is 204 Å². The fourth-order valence-corrected chi connectivity index (χ4v) is 11.1. The predicted molar refractivity (Wildman–Crippen MR) is 289 cm³/mol. The average molecular weight is 872 g/mol. The molecule has 0 unspecified atom stereocenters. The summed E-state index contributed by atoms with van der Waals surface area (Å²) in [5.41, 5.74) is 23.7. The van der Waals surface area contributed by atoms with E-state index in [0.717, 1.165) is 17.1 Å². The maximum absolute atomic E-state index is 2.62. The average Bonchev–Trinajstić information content (AvgIpc) is 3.53. The third kappa shape index (κ3) is 6.94. The van der Waals surface area contributed by atoms with Gasteiger partial charge in [0, 0.05) is 56.6 Å². The van der Waals surface area contributed by atoms with E-state index in [1.165, 1.54) is 89.5 Å². The topological polar surface area (TPSA) is 9.72 Å². The molecule has 8 aromatic carbocycles. The number of hydrogen-bond acceptors (Lipinski definition) is 3. The molecule has 0 saturated heterocycles. The number of rotatable bonds is 5. The summed E-state index contributed by atoms with van der Waals surface area (Å²) in [6.45, 7) is 25.8. The Bertz CT molecular complexity index is 3180. The Morgan fingerprint density at radius 2 is 0.925 bits per heavy atom. The van der Waals surface area contributed by atoms with Gasteiger partial charge in [-0.2, -0.15) is 0 Å². The van der Waals surface area contributed by atoms with Crippen LogP contribution in [-0.4, -0.2) is 6.71 Å². The molecule has 67 heavy (non-hydrogen) atoms. The van der Waals surface area contributed by atoms with Crippen LogP contribution < -0.4 is 31.1 Å². The van der Waals surface area contributed by atoms with Crippen LogP contribution >= 0.6 is 0 Å². The zero-order valence-corrected chi connectivity index (χ0v) is 41.2. The van der Waals surface area contributed by atoms with Gasteiger partial charge in [-0.25, -0.2) is 0 Å². The Morgan fingerprint density at radius 3 is 1.54 bits per heavy atom. The summed E-state index contributed by atoms with van der Waals surface area (Å²) in [5, 5.41) is 0. The van der Waals surface area contributed by atoms with Gasteiger partial charge >= 0.3 is 0 Å². The largest absolute Gasteiger partial charge is 0.311 e. The van der Waals surface area contributed by atoms with Crippen LogP contribution in [0.15, 0.2) is 176 Å². The van der Waals surface area contributed by atoms with Gasteiger partial charge in [-0.3, -0.25) is 0 Å². The van der Waals surface area contributed by atoms with E-state index in [1.54, 1.807) is 0 Å². The minimum absolute atomic E-state index is 0.0151. The van der Waals surface area contributed by atoms with Crippen molar-refractivity contribution in [3.8, 4) is 11.1 Å². The van der Waals surface area contributed by atoms with Crippen molar-refractivity contribution in [2.75, 3.05) is 14.7 Å². The molecule has 0 spiro atoms. The monoisotopic (exact) mass is 872 g/mol. The molecular weight excluding hydrogens is 810 g/mol. The third-order valence-corrected chi connectivity index (χ3v) is 14.9. The lowest BCUT2D eigenvalue weighted by Gasteiger charge is -2.46. The molecule has 0 saturated carbocycles. The van der Waals surface area contributed by atoms with E-state index in [2.05, 4.69) is 267 Å². The molecule has 8 aromatic rings. The van der Waals surface area contributed by atoms with E-state index >= 15 is 0 Å². The highest BCUT2D eigenvalue weighted by atomic mass is 15.2. The lowest BCUT2D eigenvalue weighted by Crippen LogP contribution is -2.61. The number of para-hydroxylation sites is 2. The summed E-state index contributed by atoms with van der Waals surface area (Å²) < 4.78 is 0. The second-order valence-corrected chi connectivity index (χ2v) is 22.8. The summed E-state index contributed by atoms with van der Waals surface area (Å²) >= 11 is 0. The second kappa shape index (κ2) is 15.1. The Kier molecular flexibility index (Phi) is 9.67. The zero-order valence-electron chi connectivity index (χ0n) is 41.2. The zero-order chi connectivity index (χ0) is 46.8. The second-order valence-electron chi connectivity index (χ2n) is 22.8. The molecule has 3 nitrogen and oxygen atoms in total. The van der Waals surface area contributed by atoms with Crippen LogP contribution in [-0.2, 0) is 21.7 Å². The smallest absolute Gasteiger partial charge is 0.252 e. The third-order valence-electron chi connectivity index (χ3n) is 14.9. The minimum Gasteiger partial charge on any atom is -0.311 e. The van der Waals surface area contributed by atoms with Crippen LogP contribution in [0.4, 0.5) is 51.2 Å². The first-order chi connectivity index (χ1) is 31.9. The van der Waals surface area contributed by atoms with Crippen LogP contribution in [0.1, 0.15) is 104 Å². The number of nitrogens with zero attached hydrogens (tertiary/aromatic N) is 3. The molecule has 11 rings (SSSR count). The van der Waals surface area contributed by atoms with Crippen molar-refractivity contribution in [3.63, 3.8) is 0 Å². The van der Waals surface area contributed by atoms with Gasteiger partial charge in [0.05, 0.1) is 0 Å². The molecule has 0 bridgehead atoms. The minimum atomic E-state index is -0.159. The SMILES string of the molecule is CC(C)(C)c1ccc(N2c3ccc(C(C)(C)C)cc3B3c4ccc(N(c5ccccc5)c5ccccc5)cc4N(c4ccc5c(c4)C(C)(C)c4ccccc4-5)c4cc(C(C)(C)C)cc2c43)cc1. The van der Waals surface area contributed by atoms with Gasteiger partial charge < -0.3 is 14.7 Å². The van der Waals surface area contributed by atoms with E-state index in [-0.39, 0.29) is 28.4 Å². The lowest BCUT2D eigenvalue weighted by atomic mass is 9.33. The molecule has 0 fully saturated rings. The van der Waals surface area contributed by atoms with Gasteiger partial charge in [-0.15, -0.1) is 0 Å². The number of fused-ring (bicyclic) bond motifs is 7. The van der Waals surface area contributed by atoms with Crippen LogP contribution in [0.3, 0.4) is 0 Å². The standard InChI is InChI=1S/C63H62BN3/c1-60(2,3)41-26-29-46(30-27-41)66-55-35-28-42(61(4,5)6)36-54(55)64-53-34-32-48(65(44-20-14-12-15-21-44)45-22-16-13-17-23-45)40-56(53)67(58-38-43(62(7,8)9)37-57(66)59(58)64)47-31-33-50-49-24-18-19-25-51(49)63(10,11)52(50)39-47/h12-40H,1-11H3. The van der Waals surface area contributed by atoms with Gasteiger partial charge in [0.15, 0.2) is 0 Å². The molecular formula is C63H62BN3. The van der Waals surface area contributed by atoms with E-state index in [1.807, 2.05) is 0 Å². The highest BCUT2D eigenvalue weighted by Crippen LogP contribution is 2.53. The van der Waals surface area contributed by atoms with Crippen LogP contribution in [0.5, 0.6) is 0 Å². The molecule has 332 valence electrons. The molecule has 2 heterocycles. The fraction of sp³-hybridized carbons (Fsp3) is 0.238. The highest BCUT2D eigenvalue weighted by molar-refractivity contribution is 7.00. The summed E-state index contributed by atoms with van der Waals surface area (Å²) in [7, 11) is 0. The highest BCUT2D eigenvalue weighted by Gasteiger charge is 2.45. The first-order valence-electron chi connectivity index (χ1n) is 24.2. The number of anilines is 9. The first-order valence-corrected chi connectivity index (χ1v) is 24.2. The van der Waals surface area contributed by atoms with Gasteiger partial charge in [0.25, 0.3) is 6.71 Å². The van der Waals surface area contributed by atoms with Crippen molar-refractivity contribution < 1.29 is 0 Å². The first kappa shape index (κ1) is 42.8. The number of hydrogen-bond donors (Lipinski definition) is 0. The molecule has 0 aromatic heterocycles. The predicted octanol–water partition coefficient (Wildman–Crippen LogP) is 15.4. The molecule has 3 aliphatic rings. The molecule has 1 aliphatic carbocycles. The lowest BCUT2D eigenvalue weighted by molar-refractivity contribution is 0.589. The Hall–Kier alpha value is -6.78. The van der Waals surface area contributed by atoms with Crippen LogP contribution in [0.25, 0.3) is 11.1 Å². The normalized spacial score (nSPS) is 14.5. The summed E-state index contributed by atoms with van der Waals surface area (Å²) in [6, 6.07) is 66.9. The molecule has 2 aliphatic heterocycles. The Balaban J connectivity index is 1.24.